The van der Waals surface area contributed by atoms with Gasteiger partial charge in [-0.2, -0.15) is 0 Å². The van der Waals surface area contributed by atoms with Gasteiger partial charge in [0.15, 0.2) is 5.54 Å². The van der Waals surface area contributed by atoms with E-state index in [4.69, 9.17) is 17.3 Å². The summed E-state index contributed by atoms with van der Waals surface area (Å²) in [5.74, 6) is 5.75. The number of rotatable bonds is 2. The fourth-order valence-corrected chi connectivity index (χ4v) is 3.61. The first-order valence-electron chi connectivity index (χ1n) is 8.61. The second-order valence-corrected chi connectivity index (χ2v) is 6.84. The molecule has 0 aliphatic carbocycles. The summed E-state index contributed by atoms with van der Waals surface area (Å²) in [6.07, 6.45) is 0. The predicted octanol–water partition coefficient (Wildman–Crippen LogP) is 4.09. The first-order valence-corrected chi connectivity index (χ1v) is 8.99. The van der Waals surface area contributed by atoms with E-state index in [0.717, 1.165) is 11.1 Å². The van der Waals surface area contributed by atoms with Crippen LogP contribution in [0.15, 0.2) is 78.9 Å². The number of halogens is 1. The number of anilines is 1. The lowest BCUT2D eigenvalue weighted by Gasteiger charge is -2.20. The van der Waals surface area contributed by atoms with Gasteiger partial charge in [-0.3, -0.25) is 4.79 Å². The van der Waals surface area contributed by atoms with Gasteiger partial charge in [-0.1, -0.05) is 78.0 Å². The number of hydrogen-bond donors (Lipinski definition) is 1. The highest BCUT2D eigenvalue weighted by molar-refractivity contribution is 6.33. The van der Waals surface area contributed by atoms with Crippen LogP contribution in [0.4, 0.5) is 5.69 Å². The van der Waals surface area contributed by atoms with Crippen molar-refractivity contribution in [2.45, 2.75) is 12.1 Å². The zero-order chi connectivity index (χ0) is 18.9. The summed E-state index contributed by atoms with van der Waals surface area (Å²) in [5, 5.41) is 0.446. The number of amides is 1. The molecule has 4 rings (SSSR count). The summed E-state index contributed by atoms with van der Waals surface area (Å²) in [7, 11) is 0. The van der Waals surface area contributed by atoms with E-state index in [2.05, 4.69) is 11.8 Å². The number of nitrogens with two attached hydrogens (primary N) is 1. The van der Waals surface area contributed by atoms with Crippen LogP contribution >= 0.6 is 11.6 Å². The molecule has 1 aliphatic heterocycles. The fraction of sp³-hybridized carbons (Fsp3) is 0.0870. The van der Waals surface area contributed by atoms with Crippen molar-refractivity contribution in [3.8, 4) is 11.8 Å². The third kappa shape index (κ3) is 3.10. The van der Waals surface area contributed by atoms with Crippen LogP contribution in [0, 0.1) is 11.8 Å². The van der Waals surface area contributed by atoms with Gasteiger partial charge in [0.2, 0.25) is 0 Å². The van der Waals surface area contributed by atoms with Gasteiger partial charge in [-0.25, -0.2) is 0 Å². The van der Waals surface area contributed by atoms with Gasteiger partial charge in [-0.15, -0.1) is 0 Å². The molecule has 3 aromatic rings. The Balaban J connectivity index is 1.80. The van der Waals surface area contributed by atoms with Gasteiger partial charge in [0.05, 0.1) is 12.2 Å². The van der Waals surface area contributed by atoms with E-state index in [0.29, 0.717) is 22.8 Å². The van der Waals surface area contributed by atoms with Gasteiger partial charge >= 0.3 is 0 Å². The summed E-state index contributed by atoms with van der Waals surface area (Å²) < 4.78 is 0. The summed E-state index contributed by atoms with van der Waals surface area (Å²) >= 11 is 6.44. The summed E-state index contributed by atoms with van der Waals surface area (Å²) in [6, 6.07) is 24.7. The van der Waals surface area contributed by atoms with Crippen LogP contribution in [0.2, 0.25) is 5.02 Å². The number of hydrogen-bond acceptors (Lipinski definition) is 2. The largest absolute Gasteiger partial charge is 0.305 e. The second-order valence-electron chi connectivity index (χ2n) is 6.43. The quantitative estimate of drug-likeness (QED) is 0.688. The van der Waals surface area contributed by atoms with E-state index in [9.17, 15) is 4.79 Å². The molecular weight excluding hydrogens is 356 g/mol. The molecular formula is C23H17ClN2O. The molecule has 0 radical (unpaired) electrons. The lowest BCUT2D eigenvalue weighted by atomic mass is 9.92. The standard InChI is InChI=1S/C23H17ClN2O/c24-19-12-7-13-20-21(19)23(25,15-14-17-8-3-1-4-9-17)22(27)26(20)16-18-10-5-2-6-11-18/h1-13H,16,25H2/t23-/m1/s1. The molecule has 0 saturated heterocycles. The van der Waals surface area contributed by atoms with E-state index in [1.807, 2.05) is 72.8 Å². The maximum atomic E-state index is 13.3. The van der Waals surface area contributed by atoms with Crippen LogP contribution in [0.25, 0.3) is 0 Å². The predicted molar refractivity (Wildman–Crippen MR) is 108 cm³/mol. The molecule has 0 bridgehead atoms. The number of fused-ring (bicyclic) bond motifs is 1. The summed E-state index contributed by atoms with van der Waals surface area (Å²) in [5.41, 5.74) is 8.17. The Morgan fingerprint density at radius 1 is 0.926 bits per heavy atom. The Labute approximate surface area is 163 Å². The molecule has 1 heterocycles. The highest BCUT2D eigenvalue weighted by Gasteiger charge is 2.48. The number of carbonyl (C=O) groups is 1. The maximum Gasteiger partial charge on any atom is 0.264 e. The van der Waals surface area contributed by atoms with Crippen molar-refractivity contribution >= 4 is 23.2 Å². The Morgan fingerprint density at radius 3 is 2.30 bits per heavy atom. The molecule has 27 heavy (non-hydrogen) atoms. The Bertz CT molecular complexity index is 1050. The SMILES string of the molecule is N[C@@]1(C#Cc2ccccc2)C(=O)N(Cc2ccccc2)c2cccc(Cl)c21. The van der Waals surface area contributed by atoms with Crippen molar-refractivity contribution in [2.24, 2.45) is 5.73 Å². The average molecular weight is 373 g/mol. The molecule has 0 unspecified atom stereocenters. The molecule has 132 valence electrons. The van der Waals surface area contributed by atoms with Crippen molar-refractivity contribution in [1.82, 2.24) is 0 Å². The van der Waals surface area contributed by atoms with Crippen molar-refractivity contribution < 1.29 is 4.79 Å². The Hall–Kier alpha value is -3.06. The molecule has 0 saturated carbocycles. The minimum Gasteiger partial charge on any atom is -0.305 e. The molecule has 3 nitrogen and oxygen atoms in total. The minimum atomic E-state index is -1.47. The van der Waals surface area contributed by atoms with Gasteiger partial charge in [-0.05, 0) is 29.8 Å². The van der Waals surface area contributed by atoms with E-state index >= 15 is 0 Å². The summed E-state index contributed by atoms with van der Waals surface area (Å²) in [6.45, 7) is 0.416. The van der Waals surface area contributed by atoms with Crippen LogP contribution < -0.4 is 10.6 Å². The van der Waals surface area contributed by atoms with E-state index in [-0.39, 0.29) is 5.91 Å². The van der Waals surface area contributed by atoms with Gasteiger partial charge in [0.25, 0.3) is 5.91 Å². The molecule has 2 N–H and O–H groups in total. The molecule has 0 aromatic heterocycles. The topological polar surface area (TPSA) is 46.3 Å². The van der Waals surface area contributed by atoms with Gasteiger partial charge in [0.1, 0.15) is 0 Å². The highest BCUT2D eigenvalue weighted by Crippen LogP contribution is 2.43. The molecule has 1 aliphatic rings. The first kappa shape index (κ1) is 17.4. The molecule has 1 amide bonds. The Morgan fingerprint density at radius 2 is 1.59 bits per heavy atom. The molecule has 1 atom stereocenters. The van der Waals surface area contributed by atoms with Crippen molar-refractivity contribution in [3.63, 3.8) is 0 Å². The lowest BCUT2D eigenvalue weighted by molar-refractivity contribution is -0.121. The van der Waals surface area contributed by atoms with Gasteiger partial charge < -0.3 is 10.6 Å². The van der Waals surface area contributed by atoms with E-state index < -0.39 is 5.54 Å². The van der Waals surface area contributed by atoms with E-state index in [1.54, 1.807) is 11.0 Å². The zero-order valence-electron chi connectivity index (χ0n) is 14.5. The molecule has 4 heteroatoms. The van der Waals surface area contributed by atoms with Crippen molar-refractivity contribution in [2.75, 3.05) is 4.90 Å². The minimum absolute atomic E-state index is 0.266. The first-order chi connectivity index (χ1) is 13.1. The smallest absolute Gasteiger partial charge is 0.264 e. The monoisotopic (exact) mass is 372 g/mol. The summed E-state index contributed by atoms with van der Waals surface area (Å²) in [4.78, 5) is 15.0. The zero-order valence-corrected chi connectivity index (χ0v) is 15.3. The normalized spacial score (nSPS) is 18.0. The van der Waals surface area contributed by atoms with E-state index in [1.165, 1.54) is 0 Å². The number of benzene rings is 3. The van der Waals surface area contributed by atoms with Crippen molar-refractivity contribution in [1.29, 1.82) is 0 Å². The molecule has 0 fully saturated rings. The van der Waals surface area contributed by atoms with Crippen LogP contribution in [0.3, 0.4) is 0 Å². The fourth-order valence-electron chi connectivity index (χ4n) is 3.29. The lowest BCUT2D eigenvalue weighted by Crippen LogP contribution is -2.46. The van der Waals surface area contributed by atoms with Crippen molar-refractivity contribution in [3.05, 3.63) is 101 Å². The van der Waals surface area contributed by atoms with Gasteiger partial charge in [0, 0.05) is 16.1 Å². The number of nitrogens with zero attached hydrogens (tertiary/aromatic N) is 1. The van der Waals surface area contributed by atoms with Crippen LogP contribution in [0.1, 0.15) is 16.7 Å². The third-order valence-electron chi connectivity index (χ3n) is 4.62. The van der Waals surface area contributed by atoms with Crippen LogP contribution in [0.5, 0.6) is 0 Å². The third-order valence-corrected chi connectivity index (χ3v) is 4.94. The van der Waals surface area contributed by atoms with Crippen LogP contribution in [-0.4, -0.2) is 5.91 Å². The Kier molecular flexibility index (Phi) is 4.45. The second kappa shape index (κ2) is 6.92. The highest BCUT2D eigenvalue weighted by atomic mass is 35.5. The maximum absolute atomic E-state index is 13.3. The van der Waals surface area contributed by atoms with Crippen LogP contribution in [-0.2, 0) is 16.9 Å². The molecule has 3 aromatic carbocycles. The number of carbonyl (C=O) groups excluding carboxylic acids is 1. The average Bonchev–Trinajstić information content (AvgIpc) is 2.91. The molecule has 0 spiro atoms.